The van der Waals surface area contributed by atoms with Crippen molar-refractivity contribution in [3.8, 4) is 0 Å². The Morgan fingerprint density at radius 1 is 0.526 bits per heavy atom. The topological polar surface area (TPSA) is 95.9 Å². The predicted octanol–water partition coefficient (Wildman–Crippen LogP) is 14.1. The summed E-state index contributed by atoms with van der Waals surface area (Å²) in [4.78, 5) is 25.9. The largest absolute Gasteiger partial charge is 0.462 e. The van der Waals surface area contributed by atoms with Gasteiger partial charge in [0, 0.05) is 6.42 Å². The standard InChI is InChI=1S/C51H91NO5/c1-4-7-10-13-16-18-20-22-24-26-27-29-31-34-37-40-43-49(54)48(46-53)52-50(55)45-47(42-39-36-33-15-12-9-6-3)57-51(56)44-41-38-35-32-30-28-25-23-21-19-17-14-11-8-5-2/h8,11,14,17,19,21,23,25,28,30,47-49,53-54H,4-7,9-10,12-13,15-16,18,20,22,24,26-27,29,31-46H2,1-3H3,(H,52,55)/b11-8+,17-14+,21-19-,25-23-,30-28+. The molecule has 3 unspecified atom stereocenters. The van der Waals surface area contributed by atoms with Crippen molar-refractivity contribution in [2.75, 3.05) is 6.61 Å². The Labute approximate surface area is 352 Å². The molecular weight excluding hydrogens is 707 g/mol. The van der Waals surface area contributed by atoms with Crippen LogP contribution >= 0.6 is 0 Å². The number of nitrogens with one attached hydrogen (secondary N) is 1. The van der Waals surface area contributed by atoms with Crippen molar-refractivity contribution in [3.63, 3.8) is 0 Å². The molecule has 0 aromatic heterocycles. The second kappa shape index (κ2) is 44.7. The number of rotatable bonds is 42. The molecule has 0 aliphatic rings. The van der Waals surface area contributed by atoms with E-state index in [0.29, 0.717) is 19.3 Å². The van der Waals surface area contributed by atoms with Crippen LogP contribution in [0.2, 0.25) is 0 Å². The number of hydrogen-bond acceptors (Lipinski definition) is 5. The Kier molecular flexibility index (Phi) is 42.7. The summed E-state index contributed by atoms with van der Waals surface area (Å²) in [6, 6.07) is -0.708. The van der Waals surface area contributed by atoms with Gasteiger partial charge in [-0.05, 0) is 44.9 Å². The minimum Gasteiger partial charge on any atom is -0.462 e. The molecule has 0 bridgehead atoms. The van der Waals surface area contributed by atoms with Crippen LogP contribution in [0.3, 0.4) is 0 Å². The number of aliphatic hydroxyl groups excluding tert-OH is 2. The molecule has 1 amide bonds. The van der Waals surface area contributed by atoms with E-state index in [0.717, 1.165) is 70.6 Å². The van der Waals surface area contributed by atoms with Gasteiger partial charge in [0.2, 0.25) is 5.91 Å². The van der Waals surface area contributed by atoms with E-state index in [1.54, 1.807) is 0 Å². The first-order valence-corrected chi connectivity index (χ1v) is 24.1. The molecule has 0 heterocycles. The van der Waals surface area contributed by atoms with E-state index in [-0.39, 0.29) is 24.9 Å². The number of carbonyl (C=O) groups is 2. The van der Waals surface area contributed by atoms with E-state index in [1.807, 2.05) is 42.5 Å². The fourth-order valence-electron chi connectivity index (χ4n) is 7.10. The van der Waals surface area contributed by atoms with Crippen LogP contribution in [-0.2, 0) is 14.3 Å². The highest BCUT2D eigenvalue weighted by Gasteiger charge is 2.24. The molecule has 0 fully saturated rings. The Morgan fingerprint density at radius 3 is 1.42 bits per heavy atom. The summed E-state index contributed by atoms with van der Waals surface area (Å²) in [6.45, 7) is 6.29. The molecule has 3 atom stereocenters. The predicted molar refractivity (Wildman–Crippen MR) is 245 cm³/mol. The smallest absolute Gasteiger partial charge is 0.306 e. The van der Waals surface area contributed by atoms with Crippen molar-refractivity contribution in [3.05, 3.63) is 60.8 Å². The van der Waals surface area contributed by atoms with Gasteiger partial charge in [-0.3, -0.25) is 9.59 Å². The average Bonchev–Trinajstić information content (AvgIpc) is 3.20. The molecule has 0 aromatic rings. The first-order chi connectivity index (χ1) is 28.0. The maximum Gasteiger partial charge on any atom is 0.306 e. The van der Waals surface area contributed by atoms with Crippen LogP contribution in [0.25, 0.3) is 0 Å². The van der Waals surface area contributed by atoms with Gasteiger partial charge in [0.25, 0.3) is 0 Å². The highest BCUT2D eigenvalue weighted by atomic mass is 16.5. The molecule has 0 aromatic carbocycles. The van der Waals surface area contributed by atoms with Crippen LogP contribution in [0.15, 0.2) is 60.8 Å². The lowest BCUT2D eigenvalue weighted by atomic mass is 10.0. The molecule has 0 spiro atoms. The van der Waals surface area contributed by atoms with Gasteiger partial charge in [0.05, 0.1) is 25.2 Å². The lowest BCUT2D eigenvalue weighted by molar-refractivity contribution is -0.151. The summed E-state index contributed by atoms with van der Waals surface area (Å²) < 4.78 is 5.86. The number of ether oxygens (including phenoxy) is 1. The zero-order chi connectivity index (χ0) is 41.7. The monoisotopic (exact) mass is 798 g/mol. The van der Waals surface area contributed by atoms with Gasteiger partial charge >= 0.3 is 5.97 Å². The van der Waals surface area contributed by atoms with Gasteiger partial charge in [0.15, 0.2) is 0 Å². The van der Waals surface area contributed by atoms with E-state index in [9.17, 15) is 19.8 Å². The van der Waals surface area contributed by atoms with Gasteiger partial charge in [-0.15, -0.1) is 0 Å². The van der Waals surface area contributed by atoms with Crippen LogP contribution in [0.4, 0.5) is 0 Å². The van der Waals surface area contributed by atoms with Crippen molar-refractivity contribution < 1.29 is 24.5 Å². The van der Waals surface area contributed by atoms with E-state index >= 15 is 0 Å². The van der Waals surface area contributed by atoms with E-state index in [2.05, 4.69) is 44.3 Å². The fraction of sp³-hybridized carbons (Fsp3) is 0.765. The average molecular weight is 798 g/mol. The second-order valence-electron chi connectivity index (χ2n) is 16.3. The van der Waals surface area contributed by atoms with Crippen molar-refractivity contribution >= 4 is 11.9 Å². The molecule has 0 rings (SSSR count). The van der Waals surface area contributed by atoms with E-state index in [1.165, 1.54) is 109 Å². The summed E-state index contributed by atoms with van der Waals surface area (Å²) >= 11 is 0. The molecule has 0 aliphatic carbocycles. The van der Waals surface area contributed by atoms with Crippen LogP contribution in [0, 0.1) is 0 Å². The zero-order valence-corrected chi connectivity index (χ0v) is 37.5. The molecule has 0 saturated carbocycles. The summed E-state index contributed by atoms with van der Waals surface area (Å²) in [7, 11) is 0. The molecule has 0 aliphatic heterocycles. The van der Waals surface area contributed by atoms with Crippen molar-refractivity contribution in [2.45, 2.75) is 244 Å². The molecular formula is C51H91NO5. The summed E-state index contributed by atoms with van der Waals surface area (Å²) in [5.74, 6) is -0.528. The summed E-state index contributed by atoms with van der Waals surface area (Å²) in [5.41, 5.74) is 0. The van der Waals surface area contributed by atoms with Crippen LogP contribution < -0.4 is 5.32 Å². The SMILES string of the molecule is CC/C=C/C=C/C=C\C=C/C=C/CCCCCC(=O)OC(CCCCCCCCC)CC(=O)NC(CO)C(O)CCCCCCCCCCCCCCCCCC. The minimum atomic E-state index is -0.794. The molecule has 0 radical (unpaired) electrons. The van der Waals surface area contributed by atoms with Gasteiger partial charge in [-0.25, -0.2) is 0 Å². The normalized spacial score (nSPS) is 13.8. The zero-order valence-electron chi connectivity index (χ0n) is 37.5. The van der Waals surface area contributed by atoms with Gasteiger partial charge in [-0.2, -0.15) is 0 Å². The van der Waals surface area contributed by atoms with Gasteiger partial charge in [-0.1, -0.05) is 229 Å². The van der Waals surface area contributed by atoms with Crippen molar-refractivity contribution in [2.24, 2.45) is 0 Å². The third kappa shape index (κ3) is 40.1. The van der Waals surface area contributed by atoms with Gasteiger partial charge in [0.1, 0.15) is 6.10 Å². The number of carbonyl (C=O) groups excluding carboxylic acids is 2. The molecule has 330 valence electrons. The molecule has 57 heavy (non-hydrogen) atoms. The first-order valence-electron chi connectivity index (χ1n) is 24.1. The fourth-order valence-corrected chi connectivity index (χ4v) is 7.10. The number of allylic oxidation sites excluding steroid dienone is 10. The Balaban J connectivity index is 4.45. The third-order valence-corrected chi connectivity index (χ3v) is 10.7. The number of hydrogen-bond donors (Lipinski definition) is 3. The molecule has 0 saturated heterocycles. The maximum atomic E-state index is 13.1. The summed E-state index contributed by atoms with van der Waals surface area (Å²) in [5, 5.41) is 23.7. The number of esters is 1. The van der Waals surface area contributed by atoms with Crippen molar-refractivity contribution in [1.29, 1.82) is 0 Å². The number of aliphatic hydroxyl groups is 2. The van der Waals surface area contributed by atoms with Crippen LogP contribution in [0.5, 0.6) is 0 Å². The Hall–Kier alpha value is -2.44. The lowest BCUT2D eigenvalue weighted by Gasteiger charge is -2.24. The highest BCUT2D eigenvalue weighted by Crippen LogP contribution is 2.17. The number of unbranched alkanes of at least 4 members (excludes halogenated alkanes) is 24. The molecule has 3 N–H and O–H groups in total. The first kappa shape index (κ1) is 54.6. The van der Waals surface area contributed by atoms with Gasteiger partial charge < -0.3 is 20.3 Å². The van der Waals surface area contributed by atoms with Crippen LogP contribution in [0.1, 0.15) is 226 Å². The Morgan fingerprint density at radius 2 is 0.947 bits per heavy atom. The maximum absolute atomic E-state index is 13.1. The third-order valence-electron chi connectivity index (χ3n) is 10.7. The molecule has 6 heteroatoms. The van der Waals surface area contributed by atoms with E-state index in [4.69, 9.17) is 4.74 Å². The molecule has 6 nitrogen and oxygen atoms in total. The highest BCUT2D eigenvalue weighted by molar-refractivity contribution is 5.77. The minimum absolute atomic E-state index is 0.0591. The van der Waals surface area contributed by atoms with Crippen LogP contribution in [-0.4, -0.2) is 46.9 Å². The quantitative estimate of drug-likeness (QED) is 0.0325. The Bertz CT molecular complexity index is 1030. The van der Waals surface area contributed by atoms with E-state index < -0.39 is 18.2 Å². The second-order valence-corrected chi connectivity index (χ2v) is 16.3. The number of amides is 1. The summed E-state index contributed by atoms with van der Waals surface area (Å²) in [6.07, 6.45) is 54.3. The lowest BCUT2D eigenvalue weighted by Crippen LogP contribution is -2.46. The van der Waals surface area contributed by atoms with Crippen molar-refractivity contribution in [1.82, 2.24) is 5.32 Å².